The first-order valence-electron chi connectivity index (χ1n) is 8.33. The summed E-state index contributed by atoms with van der Waals surface area (Å²) in [4.78, 5) is 12.1. The Hall–Kier alpha value is -2.37. The van der Waals surface area contributed by atoms with Crippen LogP contribution in [-0.4, -0.2) is 29.8 Å². The molecule has 2 aromatic carbocycles. The summed E-state index contributed by atoms with van der Waals surface area (Å²) in [6.07, 6.45) is 0. The Morgan fingerprint density at radius 2 is 1.80 bits per heavy atom. The summed E-state index contributed by atoms with van der Waals surface area (Å²) in [5, 5.41) is 15.5. The van der Waals surface area contributed by atoms with Gasteiger partial charge in [-0.3, -0.25) is 4.79 Å². The average Bonchev–Trinajstić information content (AvgIpc) is 2.61. The quantitative estimate of drug-likeness (QED) is 0.690. The van der Waals surface area contributed by atoms with Crippen molar-refractivity contribution in [2.75, 3.05) is 18.5 Å². The molecule has 25 heavy (non-hydrogen) atoms. The Kier molecular flexibility index (Phi) is 6.56. The van der Waals surface area contributed by atoms with Crippen molar-refractivity contribution in [2.45, 2.75) is 32.9 Å². The maximum atomic E-state index is 12.1. The maximum Gasteiger partial charge on any atom is 0.262 e. The monoisotopic (exact) mass is 342 g/mol. The van der Waals surface area contributed by atoms with E-state index in [1.54, 1.807) is 0 Å². The van der Waals surface area contributed by atoms with Gasteiger partial charge in [0.15, 0.2) is 6.61 Å². The van der Waals surface area contributed by atoms with Gasteiger partial charge >= 0.3 is 0 Å². The Morgan fingerprint density at radius 1 is 1.12 bits per heavy atom. The summed E-state index contributed by atoms with van der Waals surface area (Å²) in [6, 6.07) is 15.2. The number of carbonyl (C=O) groups excluding carboxylic acids is 1. The highest BCUT2D eigenvalue weighted by Gasteiger charge is 2.16. The van der Waals surface area contributed by atoms with Gasteiger partial charge in [-0.25, -0.2) is 0 Å². The van der Waals surface area contributed by atoms with E-state index in [0.29, 0.717) is 12.3 Å². The highest BCUT2D eigenvalue weighted by atomic mass is 16.5. The number of aryl methyl sites for hydroxylation is 1. The second-order valence-corrected chi connectivity index (χ2v) is 6.66. The Morgan fingerprint density at radius 3 is 2.52 bits per heavy atom. The van der Waals surface area contributed by atoms with Crippen molar-refractivity contribution >= 4 is 11.6 Å². The Balaban J connectivity index is 1.94. The van der Waals surface area contributed by atoms with Gasteiger partial charge in [0.05, 0.1) is 6.61 Å². The zero-order valence-corrected chi connectivity index (χ0v) is 15.0. The number of aliphatic hydroxyl groups excluding tert-OH is 1. The molecule has 134 valence electrons. The molecule has 0 unspecified atom stereocenters. The first kappa shape index (κ1) is 19.0. The van der Waals surface area contributed by atoms with Crippen LogP contribution in [0.25, 0.3) is 0 Å². The highest BCUT2D eigenvalue weighted by Crippen LogP contribution is 2.19. The van der Waals surface area contributed by atoms with Crippen LogP contribution in [0.1, 0.15) is 25.0 Å². The molecule has 2 rings (SSSR count). The molecule has 0 heterocycles. The van der Waals surface area contributed by atoms with Crippen LogP contribution in [0, 0.1) is 6.92 Å². The summed E-state index contributed by atoms with van der Waals surface area (Å²) in [5.41, 5.74) is 2.35. The van der Waals surface area contributed by atoms with Crippen LogP contribution < -0.4 is 15.4 Å². The molecular weight excluding hydrogens is 316 g/mol. The molecular formula is C20H26N2O3. The van der Waals surface area contributed by atoms with Gasteiger partial charge in [0.1, 0.15) is 5.75 Å². The van der Waals surface area contributed by atoms with E-state index in [2.05, 4.69) is 10.6 Å². The number of amides is 1. The molecule has 0 aliphatic rings. The largest absolute Gasteiger partial charge is 0.483 e. The van der Waals surface area contributed by atoms with Crippen molar-refractivity contribution in [1.29, 1.82) is 0 Å². The topological polar surface area (TPSA) is 70.6 Å². The van der Waals surface area contributed by atoms with Crippen LogP contribution >= 0.6 is 0 Å². The van der Waals surface area contributed by atoms with Crippen LogP contribution in [0.4, 0.5) is 5.69 Å². The average molecular weight is 342 g/mol. The van der Waals surface area contributed by atoms with E-state index in [9.17, 15) is 9.90 Å². The van der Waals surface area contributed by atoms with Crippen LogP contribution in [0.3, 0.4) is 0 Å². The zero-order chi connectivity index (χ0) is 18.3. The standard InChI is InChI=1S/C20H26N2O3/c1-15-8-4-6-10-17(15)22-19(24)13-25-18-11-7-5-9-16(18)12-21-20(2,3)14-23/h4-11,21,23H,12-14H2,1-3H3,(H,22,24). The lowest BCUT2D eigenvalue weighted by Gasteiger charge is -2.24. The molecule has 0 aromatic heterocycles. The van der Waals surface area contributed by atoms with Crippen molar-refractivity contribution in [1.82, 2.24) is 5.32 Å². The molecule has 0 bridgehead atoms. The van der Waals surface area contributed by atoms with Gasteiger partial charge in [-0.1, -0.05) is 36.4 Å². The van der Waals surface area contributed by atoms with Gasteiger partial charge in [0, 0.05) is 23.3 Å². The van der Waals surface area contributed by atoms with Gasteiger partial charge < -0.3 is 20.5 Å². The van der Waals surface area contributed by atoms with Gasteiger partial charge in [0.25, 0.3) is 5.91 Å². The van der Waals surface area contributed by atoms with Crippen molar-refractivity contribution in [3.63, 3.8) is 0 Å². The van der Waals surface area contributed by atoms with E-state index in [1.807, 2.05) is 69.3 Å². The highest BCUT2D eigenvalue weighted by molar-refractivity contribution is 5.92. The van der Waals surface area contributed by atoms with Gasteiger partial charge in [0.2, 0.25) is 0 Å². The van der Waals surface area contributed by atoms with Crippen molar-refractivity contribution < 1.29 is 14.6 Å². The molecule has 0 spiro atoms. The molecule has 0 fully saturated rings. The molecule has 2 aromatic rings. The third kappa shape index (κ3) is 5.89. The predicted molar refractivity (Wildman–Crippen MR) is 99.8 cm³/mol. The summed E-state index contributed by atoms with van der Waals surface area (Å²) in [6.45, 7) is 6.31. The third-order valence-electron chi connectivity index (χ3n) is 3.90. The number of rotatable bonds is 8. The molecule has 0 saturated carbocycles. The van der Waals surface area contributed by atoms with Gasteiger partial charge in [-0.15, -0.1) is 0 Å². The van der Waals surface area contributed by atoms with Gasteiger partial charge in [-0.2, -0.15) is 0 Å². The maximum absolute atomic E-state index is 12.1. The molecule has 0 atom stereocenters. The van der Waals surface area contributed by atoms with Crippen molar-refractivity contribution in [2.24, 2.45) is 0 Å². The number of nitrogens with one attached hydrogen (secondary N) is 2. The molecule has 0 radical (unpaired) electrons. The van der Waals surface area contributed by atoms with E-state index in [1.165, 1.54) is 0 Å². The van der Waals surface area contributed by atoms with E-state index in [0.717, 1.165) is 16.8 Å². The first-order chi connectivity index (χ1) is 11.9. The number of para-hydroxylation sites is 2. The molecule has 0 aliphatic carbocycles. The predicted octanol–water partition coefficient (Wildman–Crippen LogP) is 2.87. The third-order valence-corrected chi connectivity index (χ3v) is 3.90. The van der Waals surface area contributed by atoms with E-state index >= 15 is 0 Å². The second kappa shape index (κ2) is 8.65. The summed E-state index contributed by atoms with van der Waals surface area (Å²) < 4.78 is 5.70. The smallest absolute Gasteiger partial charge is 0.262 e. The molecule has 0 saturated heterocycles. The number of hydrogen-bond donors (Lipinski definition) is 3. The van der Waals surface area contributed by atoms with Crippen LogP contribution in [0.5, 0.6) is 5.75 Å². The SMILES string of the molecule is Cc1ccccc1NC(=O)COc1ccccc1CNC(C)(C)CO. The minimum atomic E-state index is -0.380. The Labute approximate surface area is 149 Å². The number of hydrogen-bond acceptors (Lipinski definition) is 4. The number of benzene rings is 2. The van der Waals surface area contributed by atoms with E-state index in [-0.39, 0.29) is 24.7 Å². The lowest BCUT2D eigenvalue weighted by Crippen LogP contribution is -2.42. The fourth-order valence-electron chi connectivity index (χ4n) is 2.22. The van der Waals surface area contributed by atoms with Crippen molar-refractivity contribution in [3.8, 4) is 5.75 Å². The minimum absolute atomic E-state index is 0.0366. The summed E-state index contributed by atoms with van der Waals surface area (Å²) in [7, 11) is 0. The number of carbonyl (C=O) groups is 1. The molecule has 5 heteroatoms. The second-order valence-electron chi connectivity index (χ2n) is 6.66. The van der Waals surface area contributed by atoms with Crippen LogP contribution in [0.15, 0.2) is 48.5 Å². The molecule has 1 amide bonds. The van der Waals surface area contributed by atoms with Crippen molar-refractivity contribution in [3.05, 3.63) is 59.7 Å². The lowest BCUT2D eigenvalue weighted by atomic mass is 10.1. The fourth-order valence-corrected chi connectivity index (χ4v) is 2.22. The minimum Gasteiger partial charge on any atom is -0.483 e. The number of ether oxygens (including phenoxy) is 1. The molecule has 0 aliphatic heterocycles. The zero-order valence-electron chi connectivity index (χ0n) is 15.0. The summed E-state index contributed by atoms with van der Waals surface area (Å²) >= 11 is 0. The fraction of sp³-hybridized carbons (Fsp3) is 0.350. The Bertz CT molecular complexity index is 714. The molecule has 5 nitrogen and oxygen atoms in total. The van der Waals surface area contributed by atoms with Gasteiger partial charge in [-0.05, 0) is 38.5 Å². The summed E-state index contributed by atoms with van der Waals surface area (Å²) in [5.74, 6) is 0.455. The number of anilines is 1. The van der Waals surface area contributed by atoms with E-state index < -0.39 is 0 Å². The first-order valence-corrected chi connectivity index (χ1v) is 8.33. The van der Waals surface area contributed by atoms with E-state index in [4.69, 9.17) is 4.74 Å². The normalized spacial score (nSPS) is 11.2. The number of aliphatic hydroxyl groups is 1. The van der Waals surface area contributed by atoms with Crippen LogP contribution in [-0.2, 0) is 11.3 Å². The lowest BCUT2D eigenvalue weighted by molar-refractivity contribution is -0.118. The molecule has 3 N–H and O–H groups in total. The van der Waals surface area contributed by atoms with Crippen LogP contribution in [0.2, 0.25) is 0 Å².